The zero-order valence-electron chi connectivity index (χ0n) is 26.1. The minimum absolute atomic E-state index is 0.371. The molecule has 0 N–H and O–H groups in total. The molecule has 0 unspecified atom stereocenters. The van der Waals surface area contributed by atoms with Gasteiger partial charge in [-0.3, -0.25) is 0 Å². The first-order chi connectivity index (χ1) is 23.8. The van der Waals surface area contributed by atoms with Crippen molar-refractivity contribution < 1.29 is 4.42 Å². The van der Waals surface area contributed by atoms with Crippen LogP contribution in [0.2, 0.25) is 0 Å². The minimum Gasteiger partial charge on any atom is -0.456 e. The Hall–Kier alpha value is -6.18. The van der Waals surface area contributed by atoms with Crippen molar-refractivity contribution in [1.82, 2.24) is 0 Å². The Morgan fingerprint density at radius 2 is 0.812 bits per heavy atom. The average molecular weight is 609 g/mol. The molecule has 222 valence electrons. The summed E-state index contributed by atoms with van der Waals surface area (Å²) in [6, 6.07) is 62.4. The van der Waals surface area contributed by atoms with Crippen LogP contribution in [0.5, 0.6) is 0 Å². The van der Waals surface area contributed by atoms with Crippen LogP contribution in [0, 0.1) is 0 Å². The Labute approximate surface area is 278 Å². The van der Waals surface area contributed by atoms with Gasteiger partial charge in [-0.25, -0.2) is 0 Å². The quantitative estimate of drug-likeness (QED) is 0.190. The van der Waals surface area contributed by atoms with Crippen molar-refractivity contribution in [1.29, 1.82) is 0 Å². The first kappa shape index (κ1) is 25.9. The SMILES string of the molecule is c1ccc2c(c1)-c1ccccc1C21c2ccccc2-c2cc3c(cc21)oc1ccc(-c2ccc(-c4ccc5ccccc5c4)cc2)cc13. The predicted molar refractivity (Wildman–Crippen MR) is 198 cm³/mol. The van der Waals surface area contributed by atoms with E-state index in [1.807, 2.05) is 0 Å². The van der Waals surface area contributed by atoms with Crippen molar-refractivity contribution in [3.8, 4) is 44.5 Å². The van der Waals surface area contributed by atoms with E-state index in [0.29, 0.717) is 0 Å². The second-order valence-corrected chi connectivity index (χ2v) is 13.2. The van der Waals surface area contributed by atoms with E-state index >= 15 is 0 Å². The zero-order valence-corrected chi connectivity index (χ0v) is 26.1. The lowest BCUT2D eigenvalue weighted by Crippen LogP contribution is -2.25. The number of benzene rings is 8. The molecule has 0 saturated carbocycles. The average Bonchev–Trinajstić information content (AvgIpc) is 3.77. The van der Waals surface area contributed by atoms with E-state index in [0.717, 1.165) is 21.9 Å². The lowest BCUT2D eigenvalue weighted by molar-refractivity contribution is 0.666. The predicted octanol–water partition coefficient (Wildman–Crippen LogP) is 12.4. The summed E-state index contributed by atoms with van der Waals surface area (Å²) in [6.45, 7) is 0. The Kier molecular flexibility index (Phi) is 5.10. The highest BCUT2D eigenvalue weighted by atomic mass is 16.3. The van der Waals surface area contributed by atoms with Crippen LogP contribution in [0.4, 0.5) is 0 Å². The molecule has 1 heterocycles. The number of hydrogen-bond donors (Lipinski definition) is 0. The number of fused-ring (bicyclic) bond motifs is 14. The van der Waals surface area contributed by atoms with E-state index in [1.54, 1.807) is 0 Å². The fourth-order valence-corrected chi connectivity index (χ4v) is 8.76. The molecule has 1 spiro atoms. The van der Waals surface area contributed by atoms with Gasteiger partial charge < -0.3 is 4.42 Å². The lowest BCUT2D eigenvalue weighted by Gasteiger charge is -2.30. The standard InChI is InChI=1S/C47H28O/c1-2-10-32-25-33(22-21-29(32)9-1)30-17-19-31(20-18-30)34-23-24-45-39(26-34)40-27-38-37-13-5-8-16-43(37)47(44(38)28-46(40)48-45)41-14-6-3-11-35(41)36-12-4-7-15-42(36)47/h1-28H. The first-order valence-electron chi connectivity index (χ1n) is 16.7. The molecular formula is C47H28O. The summed E-state index contributed by atoms with van der Waals surface area (Å²) in [5.74, 6) is 0. The topological polar surface area (TPSA) is 13.1 Å². The van der Waals surface area contributed by atoms with Crippen molar-refractivity contribution in [3.05, 3.63) is 192 Å². The van der Waals surface area contributed by atoms with Crippen LogP contribution >= 0.6 is 0 Å². The van der Waals surface area contributed by atoms with Crippen LogP contribution in [0.15, 0.2) is 174 Å². The van der Waals surface area contributed by atoms with Crippen LogP contribution in [-0.2, 0) is 5.41 Å². The van der Waals surface area contributed by atoms with Gasteiger partial charge in [-0.1, -0.05) is 140 Å². The van der Waals surface area contributed by atoms with E-state index in [-0.39, 0.29) is 5.41 Å². The summed E-state index contributed by atoms with van der Waals surface area (Å²) < 4.78 is 6.66. The number of furan rings is 1. The van der Waals surface area contributed by atoms with Crippen LogP contribution in [0.1, 0.15) is 22.3 Å². The van der Waals surface area contributed by atoms with Gasteiger partial charge >= 0.3 is 0 Å². The highest BCUT2D eigenvalue weighted by Gasteiger charge is 2.51. The van der Waals surface area contributed by atoms with Gasteiger partial charge in [0, 0.05) is 10.8 Å². The zero-order chi connectivity index (χ0) is 31.4. The van der Waals surface area contributed by atoms with Crippen LogP contribution < -0.4 is 0 Å². The molecule has 48 heavy (non-hydrogen) atoms. The van der Waals surface area contributed by atoms with E-state index in [4.69, 9.17) is 4.42 Å². The molecule has 8 aromatic carbocycles. The maximum Gasteiger partial charge on any atom is 0.135 e. The third kappa shape index (κ3) is 3.35. The lowest BCUT2D eigenvalue weighted by atomic mass is 9.70. The fraction of sp³-hybridized carbons (Fsp3) is 0.0213. The van der Waals surface area contributed by atoms with Crippen LogP contribution in [0.25, 0.3) is 77.2 Å². The maximum atomic E-state index is 6.66. The molecule has 9 aromatic rings. The van der Waals surface area contributed by atoms with E-state index in [9.17, 15) is 0 Å². The highest BCUT2D eigenvalue weighted by molar-refractivity contribution is 6.10. The second kappa shape index (κ2) is 9.44. The van der Waals surface area contributed by atoms with Crippen molar-refractivity contribution in [2.45, 2.75) is 5.41 Å². The van der Waals surface area contributed by atoms with Gasteiger partial charge in [-0.05, 0) is 108 Å². The second-order valence-electron chi connectivity index (χ2n) is 13.2. The molecule has 0 amide bonds. The van der Waals surface area contributed by atoms with Gasteiger partial charge in [0.15, 0.2) is 0 Å². The molecule has 0 aliphatic heterocycles. The molecule has 0 fully saturated rings. The molecule has 1 aromatic heterocycles. The molecule has 11 rings (SSSR count). The molecule has 1 heteroatoms. The Bertz CT molecular complexity index is 2730. The normalized spacial score (nSPS) is 13.6. The summed E-state index contributed by atoms with van der Waals surface area (Å²) >= 11 is 0. The largest absolute Gasteiger partial charge is 0.456 e. The summed E-state index contributed by atoms with van der Waals surface area (Å²) in [7, 11) is 0. The van der Waals surface area contributed by atoms with Gasteiger partial charge in [0.25, 0.3) is 0 Å². The summed E-state index contributed by atoms with van der Waals surface area (Å²) in [6.07, 6.45) is 0. The Balaban J connectivity index is 1.07. The van der Waals surface area contributed by atoms with Gasteiger partial charge in [-0.15, -0.1) is 0 Å². The molecule has 2 aliphatic carbocycles. The molecule has 0 atom stereocenters. The molecule has 0 radical (unpaired) electrons. The van der Waals surface area contributed by atoms with Crippen LogP contribution in [0.3, 0.4) is 0 Å². The monoisotopic (exact) mass is 608 g/mol. The highest BCUT2D eigenvalue weighted by Crippen LogP contribution is 2.63. The van der Waals surface area contributed by atoms with Crippen molar-refractivity contribution in [2.24, 2.45) is 0 Å². The van der Waals surface area contributed by atoms with Gasteiger partial charge in [0.05, 0.1) is 5.41 Å². The van der Waals surface area contributed by atoms with Gasteiger partial charge in [-0.2, -0.15) is 0 Å². The number of hydrogen-bond acceptors (Lipinski definition) is 1. The van der Waals surface area contributed by atoms with Gasteiger partial charge in [0.2, 0.25) is 0 Å². The molecule has 0 saturated heterocycles. The first-order valence-corrected chi connectivity index (χ1v) is 16.7. The summed E-state index contributed by atoms with van der Waals surface area (Å²) in [4.78, 5) is 0. The van der Waals surface area contributed by atoms with E-state index in [1.165, 1.54) is 77.5 Å². The van der Waals surface area contributed by atoms with Crippen LogP contribution in [-0.4, -0.2) is 0 Å². The van der Waals surface area contributed by atoms with Crippen molar-refractivity contribution in [3.63, 3.8) is 0 Å². The number of rotatable bonds is 2. The molecule has 0 bridgehead atoms. The smallest absolute Gasteiger partial charge is 0.135 e. The van der Waals surface area contributed by atoms with Gasteiger partial charge in [0.1, 0.15) is 11.2 Å². The maximum absolute atomic E-state index is 6.66. The summed E-state index contributed by atoms with van der Waals surface area (Å²) in [5, 5.41) is 4.83. The molecular weight excluding hydrogens is 581 g/mol. The van der Waals surface area contributed by atoms with E-state index < -0.39 is 0 Å². The molecule has 1 nitrogen and oxygen atoms in total. The Morgan fingerprint density at radius 1 is 0.312 bits per heavy atom. The van der Waals surface area contributed by atoms with Crippen molar-refractivity contribution in [2.75, 3.05) is 0 Å². The fourth-order valence-electron chi connectivity index (χ4n) is 8.76. The van der Waals surface area contributed by atoms with Crippen molar-refractivity contribution >= 4 is 32.7 Å². The minimum atomic E-state index is -0.371. The molecule has 2 aliphatic rings. The van der Waals surface area contributed by atoms with E-state index in [2.05, 4.69) is 170 Å². The summed E-state index contributed by atoms with van der Waals surface area (Å²) in [5.41, 5.74) is 16.9. The third-order valence-corrected chi connectivity index (χ3v) is 10.9. The third-order valence-electron chi connectivity index (χ3n) is 10.9. The Morgan fingerprint density at radius 3 is 1.48 bits per heavy atom.